The smallest absolute Gasteiger partial charge is 0.150 e. The molecule has 118 valence electrons. The second-order valence-corrected chi connectivity index (χ2v) is 6.18. The molecule has 0 saturated carbocycles. The molecule has 6 heteroatoms. The Labute approximate surface area is 135 Å². The Morgan fingerprint density at radius 1 is 1.41 bits per heavy atom. The summed E-state index contributed by atoms with van der Waals surface area (Å²) in [6, 6.07) is 10.7. The number of nitrogens with one attached hydrogen (secondary N) is 1. The fraction of sp³-hybridized carbons (Fsp3) is 0.438. The minimum absolute atomic E-state index is 0.346. The van der Waals surface area contributed by atoms with Gasteiger partial charge >= 0.3 is 0 Å². The summed E-state index contributed by atoms with van der Waals surface area (Å²) in [5.74, 6) is 0.717. The van der Waals surface area contributed by atoms with Crippen molar-refractivity contribution >= 4 is 11.6 Å². The highest BCUT2D eigenvalue weighted by atomic mass is 35.5. The first-order valence-corrected chi connectivity index (χ1v) is 7.89. The molecule has 22 heavy (non-hydrogen) atoms. The summed E-state index contributed by atoms with van der Waals surface area (Å²) in [6.45, 7) is 2.14. The van der Waals surface area contributed by atoms with Gasteiger partial charge in [-0.2, -0.15) is 0 Å². The molecule has 1 aromatic carbocycles. The summed E-state index contributed by atoms with van der Waals surface area (Å²) in [5.41, 5.74) is 7.71. The van der Waals surface area contributed by atoms with Crippen LogP contribution in [0.4, 0.5) is 0 Å². The molecule has 1 saturated heterocycles. The summed E-state index contributed by atoms with van der Waals surface area (Å²) in [4.78, 5) is 2.37. The van der Waals surface area contributed by atoms with Crippen molar-refractivity contribution in [2.45, 2.75) is 31.6 Å². The van der Waals surface area contributed by atoms with E-state index in [4.69, 9.17) is 21.9 Å². The monoisotopic (exact) mass is 320 g/mol. The molecule has 0 unspecified atom stereocenters. The van der Waals surface area contributed by atoms with Crippen molar-refractivity contribution < 1.29 is 4.52 Å². The minimum Gasteiger partial charge on any atom is -0.360 e. The van der Waals surface area contributed by atoms with E-state index in [1.54, 1.807) is 0 Å². The zero-order valence-corrected chi connectivity index (χ0v) is 13.4. The number of hydrogen-bond donors (Lipinski definition) is 2. The second-order valence-electron chi connectivity index (χ2n) is 5.74. The van der Waals surface area contributed by atoms with Crippen LogP contribution in [0.2, 0.25) is 5.02 Å². The highest BCUT2D eigenvalue weighted by Gasteiger charge is 2.32. The maximum atomic E-state index is 5.99. The topological polar surface area (TPSA) is 67.3 Å². The molecular weight excluding hydrogens is 300 g/mol. The van der Waals surface area contributed by atoms with E-state index in [0.29, 0.717) is 25.2 Å². The van der Waals surface area contributed by atoms with E-state index in [1.807, 2.05) is 18.2 Å². The summed E-state index contributed by atoms with van der Waals surface area (Å²) in [6.07, 6.45) is 1.10. The number of aromatic nitrogens is 1. The Morgan fingerprint density at radius 2 is 2.18 bits per heavy atom. The Morgan fingerprint density at radius 3 is 2.86 bits per heavy atom. The van der Waals surface area contributed by atoms with Gasteiger partial charge in [0.05, 0.1) is 12.2 Å². The van der Waals surface area contributed by atoms with Crippen LogP contribution in [0.1, 0.15) is 29.5 Å². The van der Waals surface area contributed by atoms with Gasteiger partial charge in [-0.3, -0.25) is 4.90 Å². The molecule has 1 aliphatic heterocycles. The largest absolute Gasteiger partial charge is 0.360 e. The van der Waals surface area contributed by atoms with Crippen LogP contribution in [0.3, 0.4) is 0 Å². The number of nitrogens with two attached hydrogens (primary N) is 1. The van der Waals surface area contributed by atoms with Crippen LogP contribution < -0.4 is 11.1 Å². The maximum absolute atomic E-state index is 5.99. The lowest BCUT2D eigenvalue weighted by atomic mass is 10.00. The van der Waals surface area contributed by atoms with Gasteiger partial charge in [0.1, 0.15) is 0 Å². The third-order valence-corrected chi connectivity index (χ3v) is 4.47. The number of likely N-dealkylation sites (N-methyl/N-ethyl adjacent to an activating group) is 1. The molecule has 0 radical (unpaired) electrons. The molecule has 1 aromatic heterocycles. The van der Waals surface area contributed by atoms with Crippen LogP contribution in [-0.4, -0.2) is 29.7 Å². The molecule has 2 aromatic rings. The van der Waals surface area contributed by atoms with Gasteiger partial charge in [0.25, 0.3) is 0 Å². The van der Waals surface area contributed by atoms with Gasteiger partial charge in [-0.05, 0) is 31.2 Å². The maximum Gasteiger partial charge on any atom is 0.150 e. The number of hydrogen-bond acceptors (Lipinski definition) is 5. The van der Waals surface area contributed by atoms with Crippen LogP contribution in [0.25, 0.3) is 0 Å². The van der Waals surface area contributed by atoms with Gasteiger partial charge in [-0.25, -0.2) is 0 Å². The van der Waals surface area contributed by atoms with Crippen molar-refractivity contribution in [2.24, 2.45) is 5.73 Å². The molecule has 0 bridgehead atoms. The molecule has 2 heterocycles. The predicted molar refractivity (Wildman–Crippen MR) is 86.5 cm³/mol. The lowest BCUT2D eigenvalue weighted by molar-refractivity contribution is 0.284. The first kappa shape index (κ1) is 15.5. The molecule has 5 nitrogen and oxygen atoms in total. The van der Waals surface area contributed by atoms with Gasteiger partial charge in [0.15, 0.2) is 5.76 Å². The van der Waals surface area contributed by atoms with Crippen molar-refractivity contribution in [3.05, 3.63) is 52.4 Å². The van der Waals surface area contributed by atoms with Crippen LogP contribution in [0.5, 0.6) is 0 Å². The molecule has 2 atom stereocenters. The number of rotatable bonds is 5. The van der Waals surface area contributed by atoms with E-state index in [-0.39, 0.29) is 0 Å². The lowest BCUT2D eigenvalue weighted by Gasteiger charge is -2.26. The molecular formula is C16H21ClN4O. The summed E-state index contributed by atoms with van der Waals surface area (Å²) < 4.78 is 5.13. The number of nitrogens with zero attached hydrogens (tertiary/aromatic N) is 2. The highest BCUT2D eigenvalue weighted by molar-refractivity contribution is 6.30. The Bertz CT molecular complexity index is 613. The van der Waals surface area contributed by atoms with Crippen LogP contribution in [0, 0.1) is 0 Å². The summed E-state index contributed by atoms with van der Waals surface area (Å²) >= 11 is 5.99. The Balaban J connectivity index is 1.67. The molecule has 3 rings (SSSR count). The molecule has 3 N–H and O–H groups in total. The van der Waals surface area contributed by atoms with E-state index in [1.165, 1.54) is 5.56 Å². The highest BCUT2D eigenvalue weighted by Crippen LogP contribution is 2.31. The standard InChI is InChI=1S/C16H21ClN4O/c1-21-7-6-15(16(21)11-2-4-12(17)5-3-11)19-10-13-8-14(9-18)22-20-13/h2-5,8,15-16,19H,6-7,9-10,18H2,1H3/t15-,16+/m1/s1. The first-order valence-electron chi connectivity index (χ1n) is 7.51. The van der Waals surface area contributed by atoms with Gasteiger partial charge < -0.3 is 15.6 Å². The zero-order chi connectivity index (χ0) is 15.5. The SMILES string of the molecule is CN1CC[C@@H](NCc2cc(CN)on2)[C@@H]1c1ccc(Cl)cc1. The van der Waals surface area contributed by atoms with Gasteiger partial charge in [0, 0.05) is 36.3 Å². The van der Waals surface area contributed by atoms with Gasteiger partial charge in [-0.1, -0.05) is 28.9 Å². The second kappa shape index (κ2) is 6.79. The molecule has 0 spiro atoms. The predicted octanol–water partition coefficient (Wildman–Crippen LogP) is 2.32. The van der Waals surface area contributed by atoms with E-state index in [2.05, 4.69) is 34.6 Å². The zero-order valence-electron chi connectivity index (χ0n) is 12.6. The van der Waals surface area contributed by atoms with Crippen molar-refractivity contribution in [3.8, 4) is 0 Å². The van der Waals surface area contributed by atoms with Gasteiger partial charge in [0.2, 0.25) is 0 Å². The molecule has 0 amide bonds. The van der Waals surface area contributed by atoms with E-state index >= 15 is 0 Å². The average Bonchev–Trinajstić information content (AvgIpc) is 3.13. The molecule has 1 fully saturated rings. The third kappa shape index (κ3) is 3.33. The Kier molecular flexibility index (Phi) is 4.78. The molecule has 1 aliphatic rings. The van der Waals surface area contributed by atoms with E-state index < -0.39 is 0 Å². The van der Waals surface area contributed by atoms with E-state index in [0.717, 1.165) is 29.4 Å². The molecule has 0 aliphatic carbocycles. The number of benzene rings is 1. The average molecular weight is 321 g/mol. The van der Waals surface area contributed by atoms with Gasteiger partial charge in [-0.15, -0.1) is 0 Å². The van der Waals surface area contributed by atoms with Crippen molar-refractivity contribution in [3.63, 3.8) is 0 Å². The summed E-state index contributed by atoms with van der Waals surface area (Å²) in [7, 11) is 2.16. The fourth-order valence-corrected chi connectivity index (χ4v) is 3.20. The fourth-order valence-electron chi connectivity index (χ4n) is 3.08. The van der Waals surface area contributed by atoms with Crippen LogP contribution >= 0.6 is 11.6 Å². The van der Waals surface area contributed by atoms with Crippen molar-refractivity contribution in [1.29, 1.82) is 0 Å². The first-order chi connectivity index (χ1) is 10.7. The Hall–Kier alpha value is -1.40. The van der Waals surface area contributed by atoms with Crippen LogP contribution in [-0.2, 0) is 13.1 Å². The van der Waals surface area contributed by atoms with E-state index in [9.17, 15) is 0 Å². The normalized spacial score (nSPS) is 22.3. The number of likely N-dealkylation sites (tertiary alicyclic amines) is 1. The lowest BCUT2D eigenvalue weighted by Crippen LogP contribution is -2.34. The number of halogens is 1. The van der Waals surface area contributed by atoms with Crippen molar-refractivity contribution in [1.82, 2.24) is 15.4 Å². The third-order valence-electron chi connectivity index (χ3n) is 4.21. The van der Waals surface area contributed by atoms with Crippen LogP contribution in [0.15, 0.2) is 34.9 Å². The summed E-state index contributed by atoms with van der Waals surface area (Å²) in [5, 5.41) is 8.39. The quantitative estimate of drug-likeness (QED) is 0.885. The van der Waals surface area contributed by atoms with Crippen molar-refractivity contribution in [2.75, 3.05) is 13.6 Å². The minimum atomic E-state index is 0.346.